The van der Waals surface area contributed by atoms with Crippen molar-refractivity contribution in [1.29, 1.82) is 0 Å². The lowest BCUT2D eigenvalue weighted by molar-refractivity contribution is -0.113. The Bertz CT molecular complexity index is 1460. The first-order valence-corrected chi connectivity index (χ1v) is 11.8. The molecule has 4 rings (SSSR count). The van der Waals surface area contributed by atoms with E-state index in [9.17, 15) is 24.3 Å². The average molecular weight is 500 g/mol. The number of primary amides is 1. The first-order chi connectivity index (χ1) is 17.3. The molecule has 0 spiro atoms. The molecule has 0 fully saturated rings. The van der Waals surface area contributed by atoms with E-state index >= 15 is 0 Å². The summed E-state index contributed by atoms with van der Waals surface area (Å²) in [4.78, 5) is 48.8. The summed E-state index contributed by atoms with van der Waals surface area (Å²) < 4.78 is 0. The van der Waals surface area contributed by atoms with E-state index in [-0.39, 0.29) is 22.8 Å². The first kappa shape index (κ1) is 24.5. The van der Waals surface area contributed by atoms with Gasteiger partial charge < -0.3 is 21.5 Å². The monoisotopic (exact) mass is 499 g/mol. The van der Waals surface area contributed by atoms with E-state index in [4.69, 9.17) is 5.73 Å². The number of amides is 3. The second kappa shape index (κ2) is 10.7. The summed E-state index contributed by atoms with van der Waals surface area (Å²) in [6, 6.07) is 23.2. The maximum Gasteiger partial charge on any atom is 0.336 e. The van der Waals surface area contributed by atoms with Crippen molar-refractivity contribution in [1.82, 2.24) is 0 Å². The number of nitrogens with two attached hydrogens (primary N) is 1. The average Bonchev–Trinajstić information content (AvgIpc) is 2.87. The van der Waals surface area contributed by atoms with E-state index in [1.807, 2.05) is 0 Å². The number of carboxylic acids is 1. The number of hydrogen-bond acceptors (Lipinski definition) is 5. The molecule has 0 aliphatic carbocycles. The number of rotatable bonds is 8. The van der Waals surface area contributed by atoms with E-state index in [0.717, 1.165) is 4.90 Å². The Kier molecular flexibility index (Phi) is 7.31. The molecule has 180 valence electrons. The predicted octanol–water partition coefficient (Wildman–Crippen LogP) is 4.62. The minimum atomic E-state index is -1.10. The molecular formula is C27H21N3O5S. The van der Waals surface area contributed by atoms with Crippen molar-refractivity contribution in [3.05, 3.63) is 102 Å². The molecule has 0 aliphatic heterocycles. The highest BCUT2D eigenvalue weighted by atomic mass is 32.2. The third-order valence-electron chi connectivity index (χ3n) is 5.32. The zero-order valence-electron chi connectivity index (χ0n) is 18.9. The maximum absolute atomic E-state index is 12.9. The summed E-state index contributed by atoms with van der Waals surface area (Å²) in [5.41, 5.74) is 6.99. The third-order valence-corrected chi connectivity index (χ3v) is 6.33. The number of carboxylic acid groups (broad SMARTS) is 1. The second-order valence-corrected chi connectivity index (χ2v) is 8.82. The number of thioether (sulfide) groups is 1. The summed E-state index contributed by atoms with van der Waals surface area (Å²) in [7, 11) is 0. The van der Waals surface area contributed by atoms with Gasteiger partial charge in [0, 0.05) is 32.8 Å². The van der Waals surface area contributed by atoms with Crippen LogP contribution in [0, 0.1) is 0 Å². The maximum atomic E-state index is 12.9. The molecule has 4 aromatic carbocycles. The number of nitrogens with one attached hydrogen (secondary N) is 2. The zero-order chi connectivity index (χ0) is 25.7. The van der Waals surface area contributed by atoms with Crippen molar-refractivity contribution in [2.45, 2.75) is 4.90 Å². The molecule has 0 radical (unpaired) electrons. The molecule has 0 saturated carbocycles. The Hall–Kier alpha value is -4.63. The molecule has 8 nitrogen and oxygen atoms in total. The number of benzene rings is 4. The van der Waals surface area contributed by atoms with E-state index in [2.05, 4.69) is 10.6 Å². The Morgan fingerprint density at radius 2 is 1.33 bits per heavy atom. The molecule has 0 aliphatic rings. The van der Waals surface area contributed by atoms with Crippen LogP contribution in [-0.4, -0.2) is 34.6 Å². The highest BCUT2D eigenvalue weighted by Gasteiger charge is 2.16. The standard InChI is InChI=1S/C27H21N3O5S/c28-25(32)17-7-9-18(10-8-17)29-23(31)15-36-20-13-11-19(12-14-20)30-26(33)21-5-1-3-16-4-2-6-22(24(16)21)27(34)35/h1-14H,15H2,(H2,28,32)(H,29,31)(H,30,33)(H,34,35). The molecular weight excluding hydrogens is 478 g/mol. The zero-order valence-corrected chi connectivity index (χ0v) is 19.7. The van der Waals surface area contributed by atoms with Gasteiger partial charge >= 0.3 is 5.97 Å². The number of carbonyl (C=O) groups is 4. The molecule has 4 aromatic rings. The van der Waals surface area contributed by atoms with Gasteiger partial charge in [0.25, 0.3) is 5.91 Å². The van der Waals surface area contributed by atoms with Gasteiger partial charge in [0.15, 0.2) is 0 Å². The number of carbonyl (C=O) groups excluding carboxylic acids is 3. The lowest BCUT2D eigenvalue weighted by Crippen LogP contribution is -2.15. The molecule has 0 aromatic heterocycles. The minimum Gasteiger partial charge on any atom is -0.478 e. The highest BCUT2D eigenvalue weighted by molar-refractivity contribution is 8.00. The Morgan fingerprint density at radius 1 is 0.750 bits per heavy atom. The topological polar surface area (TPSA) is 139 Å². The smallest absolute Gasteiger partial charge is 0.336 e. The minimum absolute atomic E-state index is 0.0621. The van der Waals surface area contributed by atoms with Gasteiger partial charge in [0.2, 0.25) is 11.8 Å². The molecule has 0 unspecified atom stereocenters. The molecule has 3 amide bonds. The van der Waals surface area contributed by atoms with Gasteiger partial charge in [0.1, 0.15) is 0 Å². The predicted molar refractivity (Wildman–Crippen MR) is 140 cm³/mol. The first-order valence-electron chi connectivity index (χ1n) is 10.8. The van der Waals surface area contributed by atoms with Gasteiger partial charge in [-0.05, 0) is 66.0 Å². The molecule has 5 N–H and O–H groups in total. The lowest BCUT2D eigenvalue weighted by Gasteiger charge is -2.11. The van der Waals surface area contributed by atoms with Crippen molar-refractivity contribution in [3.8, 4) is 0 Å². The molecule has 9 heteroatoms. The van der Waals surface area contributed by atoms with Crippen LogP contribution in [-0.2, 0) is 4.79 Å². The van der Waals surface area contributed by atoms with E-state index < -0.39 is 17.8 Å². The molecule has 0 atom stereocenters. The molecule has 36 heavy (non-hydrogen) atoms. The van der Waals surface area contributed by atoms with Gasteiger partial charge in [0.05, 0.1) is 11.3 Å². The summed E-state index contributed by atoms with van der Waals surface area (Å²) in [6.07, 6.45) is 0. The van der Waals surface area contributed by atoms with Crippen LogP contribution in [0.2, 0.25) is 0 Å². The number of anilines is 2. The normalized spacial score (nSPS) is 10.6. The Labute approximate surface area is 210 Å². The van der Waals surface area contributed by atoms with Gasteiger partial charge in [-0.15, -0.1) is 11.8 Å². The summed E-state index contributed by atoms with van der Waals surface area (Å²) >= 11 is 1.32. The fraction of sp³-hybridized carbons (Fsp3) is 0.0370. The molecule has 0 bridgehead atoms. The highest BCUT2D eigenvalue weighted by Crippen LogP contribution is 2.25. The van der Waals surface area contributed by atoms with Crippen LogP contribution in [0.5, 0.6) is 0 Å². The lowest BCUT2D eigenvalue weighted by atomic mass is 9.98. The van der Waals surface area contributed by atoms with Crippen molar-refractivity contribution >= 4 is 57.6 Å². The van der Waals surface area contributed by atoms with Crippen molar-refractivity contribution in [2.24, 2.45) is 5.73 Å². The number of fused-ring (bicyclic) bond motifs is 1. The summed E-state index contributed by atoms with van der Waals surface area (Å²) in [5, 5.41) is 16.1. The van der Waals surface area contributed by atoms with Crippen molar-refractivity contribution in [3.63, 3.8) is 0 Å². The fourth-order valence-electron chi connectivity index (χ4n) is 3.61. The Morgan fingerprint density at radius 3 is 1.94 bits per heavy atom. The summed E-state index contributed by atoms with van der Waals surface area (Å²) in [5.74, 6) is -2.11. The largest absolute Gasteiger partial charge is 0.478 e. The SMILES string of the molecule is NC(=O)c1ccc(NC(=O)CSc2ccc(NC(=O)c3cccc4cccc(C(=O)O)c34)cc2)cc1. The molecule has 0 heterocycles. The van der Waals surface area contributed by atoms with Crippen LogP contribution in [0.4, 0.5) is 11.4 Å². The van der Waals surface area contributed by atoms with Crippen LogP contribution < -0.4 is 16.4 Å². The fourth-order valence-corrected chi connectivity index (χ4v) is 4.30. The quantitative estimate of drug-likeness (QED) is 0.261. The van der Waals surface area contributed by atoms with Crippen LogP contribution in [0.3, 0.4) is 0 Å². The van der Waals surface area contributed by atoms with Gasteiger partial charge in [-0.1, -0.05) is 24.3 Å². The van der Waals surface area contributed by atoms with E-state index in [1.165, 1.54) is 17.8 Å². The van der Waals surface area contributed by atoms with Crippen molar-refractivity contribution in [2.75, 3.05) is 16.4 Å². The van der Waals surface area contributed by atoms with Crippen LogP contribution in [0.25, 0.3) is 10.8 Å². The van der Waals surface area contributed by atoms with E-state index in [0.29, 0.717) is 27.7 Å². The van der Waals surface area contributed by atoms with E-state index in [1.54, 1.807) is 78.9 Å². The summed E-state index contributed by atoms with van der Waals surface area (Å²) in [6.45, 7) is 0. The van der Waals surface area contributed by atoms with Gasteiger partial charge in [-0.2, -0.15) is 0 Å². The van der Waals surface area contributed by atoms with Crippen LogP contribution in [0.1, 0.15) is 31.1 Å². The van der Waals surface area contributed by atoms with Crippen LogP contribution in [0.15, 0.2) is 89.8 Å². The second-order valence-electron chi connectivity index (χ2n) is 7.77. The van der Waals surface area contributed by atoms with Crippen LogP contribution >= 0.6 is 11.8 Å². The third kappa shape index (κ3) is 5.70. The Balaban J connectivity index is 1.37. The van der Waals surface area contributed by atoms with Gasteiger partial charge in [-0.3, -0.25) is 14.4 Å². The van der Waals surface area contributed by atoms with Crippen molar-refractivity contribution < 1.29 is 24.3 Å². The number of aromatic carboxylic acids is 1. The molecule has 0 saturated heterocycles. The van der Waals surface area contributed by atoms with Gasteiger partial charge in [-0.25, -0.2) is 4.79 Å². The number of hydrogen-bond donors (Lipinski definition) is 4.